The number of nitrogen functional groups attached to an aromatic ring is 1. The van der Waals surface area contributed by atoms with E-state index in [9.17, 15) is 19.6 Å². The van der Waals surface area contributed by atoms with Gasteiger partial charge in [-0.2, -0.15) is 5.26 Å². The number of carbonyl (C=O) groups excluding carboxylic acids is 3. The third-order valence-corrected chi connectivity index (χ3v) is 4.14. The number of hydrogen-bond donors (Lipinski definition) is 3. The van der Waals surface area contributed by atoms with Gasteiger partial charge in [-0.3, -0.25) is 4.79 Å². The second-order valence-electron chi connectivity index (χ2n) is 5.75. The quantitative estimate of drug-likeness (QED) is 0.275. The van der Waals surface area contributed by atoms with Crippen molar-refractivity contribution < 1.29 is 23.9 Å². The van der Waals surface area contributed by atoms with Gasteiger partial charge in [-0.15, -0.1) is 0 Å². The highest BCUT2D eigenvalue weighted by Crippen LogP contribution is 2.25. The average Bonchev–Trinajstić information content (AvgIpc) is 2.74. The van der Waals surface area contributed by atoms with E-state index in [-0.39, 0.29) is 33.1 Å². The summed E-state index contributed by atoms with van der Waals surface area (Å²) in [5.41, 5.74) is 6.34. The molecule has 2 rings (SSSR count). The number of ether oxygens (including phenoxy) is 2. The van der Waals surface area contributed by atoms with Crippen molar-refractivity contribution in [1.29, 1.82) is 5.26 Å². The molecule has 1 amide bonds. The molecule has 30 heavy (non-hydrogen) atoms. The maximum atomic E-state index is 12.4. The zero-order valence-electron chi connectivity index (χ0n) is 16.0. The number of carbonyl (C=O) groups is 3. The number of benzene rings is 2. The van der Waals surface area contributed by atoms with Gasteiger partial charge in [-0.05, 0) is 36.4 Å². The Morgan fingerprint density at radius 1 is 1.07 bits per heavy atom. The maximum absolute atomic E-state index is 12.4. The van der Waals surface area contributed by atoms with Crippen LogP contribution in [0, 0.1) is 11.3 Å². The summed E-state index contributed by atoms with van der Waals surface area (Å²) in [5.74, 6) is -2.06. The fourth-order valence-electron chi connectivity index (χ4n) is 2.32. The zero-order chi connectivity index (χ0) is 22.3. The van der Waals surface area contributed by atoms with Crippen LogP contribution < -0.4 is 16.4 Å². The van der Waals surface area contributed by atoms with Gasteiger partial charge < -0.3 is 25.8 Å². The highest BCUT2D eigenvalue weighted by molar-refractivity contribution is 6.34. The molecule has 0 aromatic heterocycles. The number of nitriles is 1. The van der Waals surface area contributed by atoms with E-state index < -0.39 is 17.8 Å². The van der Waals surface area contributed by atoms with Crippen LogP contribution in [-0.4, -0.2) is 32.1 Å². The Kier molecular flexibility index (Phi) is 7.38. The van der Waals surface area contributed by atoms with Crippen LogP contribution >= 0.6 is 11.6 Å². The first kappa shape index (κ1) is 22.3. The van der Waals surface area contributed by atoms with E-state index in [2.05, 4.69) is 15.4 Å². The first-order valence-electron chi connectivity index (χ1n) is 8.34. The number of esters is 2. The van der Waals surface area contributed by atoms with Gasteiger partial charge in [-0.1, -0.05) is 11.6 Å². The number of anilines is 3. The van der Waals surface area contributed by atoms with Crippen LogP contribution in [0.5, 0.6) is 0 Å². The van der Waals surface area contributed by atoms with Gasteiger partial charge in [0, 0.05) is 11.9 Å². The van der Waals surface area contributed by atoms with Crippen molar-refractivity contribution in [2.75, 3.05) is 30.6 Å². The number of methoxy groups -OCH3 is 2. The van der Waals surface area contributed by atoms with Crippen molar-refractivity contribution in [1.82, 2.24) is 0 Å². The molecule has 2 aromatic carbocycles. The standard InChI is InChI=1S/C20H17ClN4O5/c1-29-19(27)11-3-5-14(20(28)30-2)17(7-11)24-10-12(9-22)18(26)25-16-6-4-13(23)8-15(16)21/h3-8,10,24H,23H2,1-2H3,(H,25,26)/b12-10-. The molecule has 0 aliphatic carbocycles. The summed E-state index contributed by atoms with van der Waals surface area (Å²) in [6.07, 6.45) is 1.09. The number of amides is 1. The molecule has 0 radical (unpaired) electrons. The number of hydrogen-bond acceptors (Lipinski definition) is 8. The van der Waals surface area contributed by atoms with E-state index in [0.717, 1.165) is 6.20 Å². The third kappa shape index (κ3) is 5.27. The van der Waals surface area contributed by atoms with Gasteiger partial charge in [0.1, 0.15) is 11.6 Å². The lowest BCUT2D eigenvalue weighted by molar-refractivity contribution is -0.112. The first-order chi connectivity index (χ1) is 14.3. The highest BCUT2D eigenvalue weighted by Gasteiger charge is 2.16. The summed E-state index contributed by atoms with van der Waals surface area (Å²) >= 11 is 6.02. The van der Waals surface area contributed by atoms with Crippen molar-refractivity contribution in [3.63, 3.8) is 0 Å². The number of nitrogens with one attached hydrogen (secondary N) is 2. The van der Waals surface area contributed by atoms with Crippen LogP contribution in [0.25, 0.3) is 0 Å². The van der Waals surface area contributed by atoms with Gasteiger partial charge >= 0.3 is 11.9 Å². The monoisotopic (exact) mass is 428 g/mol. The van der Waals surface area contributed by atoms with E-state index in [0.29, 0.717) is 5.69 Å². The van der Waals surface area contributed by atoms with E-state index in [1.165, 1.54) is 50.6 Å². The molecule has 4 N–H and O–H groups in total. The molecule has 0 heterocycles. The fourth-order valence-corrected chi connectivity index (χ4v) is 2.55. The lowest BCUT2D eigenvalue weighted by Crippen LogP contribution is -2.15. The van der Waals surface area contributed by atoms with Crippen molar-refractivity contribution in [2.45, 2.75) is 0 Å². The Morgan fingerprint density at radius 3 is 2.37 bits per heavy atom. The van der Waals surface area contributed by atoms with Crippen molar-refractivity contribution in [3.8, 4) is 6.07 Å². The van der Waals surface area contributed by atoms with Crippen molar-refractivity contribution in [3.05, 3.63) is 64.3 Å². The Bertz CT molecular complexity index is 1080. The summed E-state index contributed by atoms with van der Waals surface area (Å²) < 4.78 is 9.35. The molecule has 9 nitrogen and oxygen atoms in total. The second kappa shape index (κ2) is 9.95. The van der Waals surface area contributed by atoms with Crippen LogP contribution in [0.4, 0.5) is 17.1 Å². The molecule has 0 bridgehead atoms. The summed E-state index contributed by atoms with van der Waals surface area (Å²) in [7, 11) is 2.41. The zero-order valence-corrected chi connectivity index (χ0v) is 16.7. The molecule has 2 aromatic rings. The van der Waals surface area contributed by atoms with Crippen LogP contribution in [0.15, 0.2) is 48.2 Å². The molecule has 0 aliphatic rings. The Labute approximate surface area is 177 Å². The topological polar surface area (TPSA) is 144 Å². The third-order valence-electron chi connectivity index (χ3n) is 3.82. The predicted molar refractivity (Wildman–Crippen MR) is 111 cm³/mol. The predicted octanol–water partition coefficient (Wildman–Crippen LogP) is 2.95. The van der Waals surface area contributed by atoms with Crippen molar-refractivity contribution >= 4 is 46.5 Å². The summed E-state index contributed by atoms with van der Waals surface area (Å²) in [4.78, 5) is 36.1. The Morgan fingerprint density at radius 2 is 1.77 bits per heavy atom. The summed E-state index contributed by atoms with van der Waals surface area (Å²) in [5, 5.41) is 14.7. The lowest BCUT2D eigenvalue weighted by Gasteiger charge is -2.11. The molecule has 0 saturated carbocycles. The van der Waals surface area contributed by atoms with Gasteiger partial charge in [0.15, 0.2) is 0 Å². The molecule has 0 fully saturated rings. The van der Waals surface area contributed by atoms with E-state index in [4.69, 9.17) is 22.1 Å². The van der Waals surface area contributed by atoms with Gasteiger partial charge in [0.05, 0.1) is 41.7 Å². The van der Waals surface area contributed by atoms with Crippen LogP contribution in [0.3, 0.4) is 0 Å². The van der Waals surface area contributed by atoms with E-state index >= 15 is 0 Å². The summed E-state index contributed by atoms with van der Waals surface area (Å²) in [6.45, 7) is 0. The van der Waals surface area contributed by atoms with E-state index in [1.54, 1.807) is 6.07 Å². The molecule has 0 spiro atoms. The van der Waals surface area contributed by atoms with Crippen LogP contribution in [0.2, 0.25) is 5.02 Å². The molecule has 0 unspecified atom stereocenters. The minimum Gasteiger partial charge on any atom is -0.465 e. The average molecular weight is 429 g/mol. The number of nitrogens with zero attached hydrogens (tertiary/aromatic N) is 1. The maximum Gasteiger partial charge on any atom is 0.339 e. The van der Waals surface area contributed by atoms with Gasteiger partial charge in [0.25, 0.3) is 5.91 Å². The number of rotatable bonds is 6. The minimum absolute atomic E-state index is 0.0840. The first-order valence-corrected chi connectivity index (χ1v) is 8.72. The largest absolute Gasteiger partial charge is 0.465 e. The van der Waals surface area contributed by atoms with E-state index in [1.807, 2.05) is 0 Å². The molecule has 0 saturated heterocycles. The summed E-state index contributed by atoms with van der Waals surface area (Å²) in [6, 6.07) is 10.3. The molecular formula is C20H17ClN4O5. The highest BCUT2D eigenvalue weighted by atomic mass is 35.5. The van der Waals surface area contributed by atoms with Gasteiger partial charge in [0.2, 0.25) is 0 Å². The molecule has 0 atom stereocenters. The van der Waals surface area contributed by atoms with Crippen molar-refractivity contribution in [2.24, 2.45) is 0 Å². The Balaban J connectivity index is 2.32. The van der Waals surface area contributed by atoms with Crippen LogP contribution in [0.1, 0.15) is 20.7 Å². The SMILES string of the molecule is COC(=O)c1ccc(C(=O)OC)c(N/C=C(/C#N)C(=O)Nc2ccc(N)cc2Cl)c1. The number of halogens is 1. The lowest BCUT2D eigenvalue weighted by atomic mass is 10.1. The molecule has 154 valence electrons. The fraction of sp³-hybridized carbons (Fsp3) is 0.100. The smallest absolute Gasteiger partial charge is 0.339 e. The Hall–Kier alpha value is -4.03. The van der Waals surface area contributed by atoms with Gasteiger partial charge in [-0.25, -0.2) is 9.59 Å². The second-order valence-corrected chi connectivity index (χ2v) is 6.16. The normalized spacial score (nSPS) is 10.5. The molecule has 0 aliphatic heterocycles. The number of nitrogens with two attached hydrogens (primary N) is 1. The molecular weight excluding hydrogens is 412 g/mol. The minimum atomic E-state index is -0.750. The molecule has 10 heteroatoms. The van der Waals surface area contributed by atoms with Crippen LogP contribution in [-0.2, 0) is 14.3 Å².